The quantitative estimate of drug-likeness (QED) is 0.649. The average molecular weight is 385 g/mol. The lowest BCUT2D eigenvalue weighted by Crippen LogP contribution is -2.26. The number of hydrogen-bond acceptors (Lipinski definition) is 5. The van der Waals surface area contributed by atoms with Crippen molar-refractivity contribution in [2.75, 3.05) is 13.1 Å². The highest BCUT2D eigenvalue weighted by atomic mass is 32.1. The Morgan fingerprint density at radius 2 is 1.89 bits per heavy atom. The topological polar surface area (TPSA) is 41.9 Å². The van der Waals surface area contributed by atoms with Crippen molar-refractivity contribution in [1.82, 2.24) is 19.9 Å². The highest BCUT2D eigenvalue weighted by molar-refractivity contribution is 7.18. The third-order valence-electron chi connectivity index (χ3n) is 5.40. The van der Waals surface area contributed by atoms with Crippen LogP contribution < -0.4 is 0 Å². The molecule has 6 heteroatoms. The zero-order valence-electron chi connectivity index (χ0n) is 16.3. The molecule has 3 aromatic rings. The Hall–Kier alpha value is -1.92. The van der Waals surface area contributed by atoms with Gasteiger partial charge in [-0.3, -0.25) is 9.88 Å². The van der Waals surface area contributed by atoms with Crippen molar-refractivity contribution in [3.05, 3.63) is 51.7 Å². The molecule has 0 spiro atoms. The molecule has 1 aliphatic rings. The summed E-state index contributed by atoms with van der Waals surface area (Å²) in [5.74, 6) is 0.365. The normalized spacial score (nSPS) is 19.1. The molecule has 0 saturated carbocycles. The van der Waals surface area contributed by atoms with Gasteiger partial charge in [0.2, 0.25) is 0 Å². The minimum Gasteiger partial charge on any atom is -0.295 e. The van der Waals surface area contributed by atoms with Gasteiger partial charge < -0.3 is 0 Å². The Kier molecular flexibility index (Phi) is 4.95. The first-order valence-corrected chi connectivity index (χ1v) is 10.3. The zero-order valence-corrected chi connectivity index (χ0v) is 17.1. The van der Waals surface area contributed by atoms with Crippen molar-refractivity contribution < 1.29 is 4.39 Å². The number of pyridine rings is 2. The molecule has 1 fully saturated rings. The van der Waals surface area contributed by atoms with Crippen LogP contribution in [0.5, 0.6) is 0 Å². The molecule has 0 radical (unpaired) electrons. The van der Waals surface area contributed by atoms with E-state index in [4.69, 9.17) is 0 Å². The fraction of sp³-hybridized carbons (Fsp3) is 0.476. The Balaban J connectivity index is 1.49. The lowest BCUT2D eigenvalue weighted by Gasteiger charge is -2.24. The van der Waals surface area contributed by atoms with Crippen molar-refractivity contribution >= 4 is 21.7 Å². The number of thiazole rings is 1. The van der Waals surface area contributed by atoms with Crippen molar-refractivity contribution in [2.24, 2.45) is 5.92 Å². The van der Waals surface area contributed by atoms with Crippen molar-refractivity contribution in [2.45, 2.75) is 46.6 Å². The molecular weight excluding hydrogens is 359 g/mol. The van der Waals surface area contributed by atoms with Gasteiger partial charge in [-0.1, -0.05) is 0 Å². The molecular formula is C21H25FN4S. The summed E-state index contributed by atoms with van der Waals surface area (Å²) in [6, 6.07) is 5.91. The first kappa shape index (κ1) is 18.4. The van der Waals surface area contributed by atoms with Crippen molar-refractivity contribution in [3.63, 3.8) is 0 Å². The summed E-state index contributed by atoms with van der Waals surface area (Å²) in [6.45, 7) is 10.0. The summed E-state index contributed by atoms with van der Waals surface area (Å²) in [6.07, 6.45) is 2.18. The molecule has 0 N–H and O–H groups in total. The van der Waals surface area contributed by atoms with Gasteiger partial charge in [0.25, 0.3) is 0 Å². The fourth-order valence-electron chi connectivity index (χ4n) is 4.18. The lowest BCUT2D eigenvalue weighted by molar-refractivity contribution is 0.243. The lowest BCUT2D eigenvalue weighted by atomic mass is 9.98. The number of likely N-dealkylation sites (tertiary alicyclic amines) is 1. The average Bonchev–Trinajstić information content (AvgIpc) is 3.18. The maximum Gasteiger partial charge on any atom is 0.171 e. The third kappa shape index (κ3) is 3.87. The Morgan fingerprint density at radius 3 is 2.63 bits per heavy atom. The van der Waals surface area contributed by atoms with Crippen LogP contribution in [0.4, 0.5) is 4.39 Å². The molecule has 4 heterocycles. The van der Waals surface area contributed by atoms with Gasteiger partial charge in [-0.05, 0) is 76.8 Å². The van der Waals surface area contributed by atoms with E-state index < -0.39 is 0 Å². The molecule has 3 aromatic heterocycles. The molecule has 142 valence electrons. The van der Waals surface area contributed by atoms with Crippen LogP contribution in [-0.4, -0.2) is 32.9 Å². The summed E-state index contributed by atoms with van der Waals surface area (Å²) in [5, 5.41) is 0.922. The van der Waals surface area contributed by atoms with Gasteiger partial charge >= 0.3 is 0 Å². The van der Waals surface area contributed by atoms with Gasteiger partial charge in [-0.2, -0.15) is 0 Å². The van der Waals surface area contributed by atoms with E-state index in [0.717, 1.165) is 47.0 Å². The molecule has 0 aliphatic carbocycles. The van der Waals surface area contributed by atoms with E-state index in [-0.39, 0.29) is 11.9 Å². The van der Waals surface area contributed by atoms with Gasteiger partial charge in [0.1, 0.15) is 5.82 Å². The maximum atomic E-state index is 14.6. The van der Waals surface area contributed by atoms with E-state index in [1.54, 1.807) is 6.07 Å². The van der Waals surface area contributed by atoms with Gasteiger partial charge in [-0.25, -0.2) is 14.4 Å². The monoisotopic (exact) mass is 384 g/mol. The summed E-state index contributed by atoms with van der Waals surface area (Å²) in [4.78, 5) is 15.8. The highest BCUT2D eigenvalue weighted by Gasteiger charge is 2.29. The Bertz CT molecular complexity index is 963. The summed E-state index contributed by atoms with van der Waals surface area (Å²) >= 11 is 1.49. The van der Waals surface area contributed by atoms with Crippen LogP contribution in [-0.2, 0) is 6.42 Å². The molecule has 0 unspecified atom stereocenters. The molecule has 0 aromatic carbocycles. The summed E-state index contributed by atoms with van der Waals surface area (Å²) in [5.41, 5.74) is 4.68. The van der Waals surface area contributed by atoms with Crippen LogP contribution in [0.1, 0.15) is 47.0 Å². The van der Waals surface area contributed by atoms with E-state index in [0.29, 0.717) is 17.3 Å². The van der Waals surface area contributed by atoms with E-state index >= 15 is 0 Å². The van der Waals surface area contributed by atoms with Gasteiger partial charge in [0.15, 0.2) is 5.65 Å². The molecule has 2 atom stereocenters. The predicted octanol–water partition coefficient (Wildman–Crippen LogP) is 4.78. The third-order valence-corrected chi connectivity index (χ3v) is 6.30. The molecule has 27 heavy (non-hydrogen) atoms. The molecule has 0 amide bonds. The van der Waals surface area contributed by atoms with E-state index in [1.165, 1.54) is 16.9 Å². The number of nitrogens with zero attached hydrogens (tertiary/aromatic N) is 4. The van der Waals surface area contributed by atoms with Gasteiger partial charge in [0.05, 0.1) is 21.4 Å². The van der Waals surface area contributed by atoms with Crippen molar-refractivity contribution in [1.29, 1.82) is 0 Å². The first-order chi connectivity index (χ1) is 12.9. The number of halogens is 1. The number of hydrogen-bond donors (Lipinski definition) is 0. The largest absolute Gasteiger partial charge is 0.295 e. The second kappa shape index (κ2) is 7.24. The second-order valence-electron chi connectivity index (χ2n) is 7.70. The standard InChI is InChI=1S/C21H25FN4S/c1-12-7-17(8-13(2)23-12)9-16-5-6-26(11-16)14(3)20-18(22)10-19-21(25-20)24-15(4)27-19/h7-8,10,14,16H,5-6,9,11H2,1-4H3/t14-,16-/m0/s1. The molecule has 0 bridgehead atoms. The summed E-state index contributed by atoms with van der Waals surface area (Å²) in [7, 11) is 0. The Morgan fingerprint density at radius 1 is 1.15 bits per heavy atom. The van der Waals surface area contributed by atoms with E-state index in [9.17, 15) is 4.39 Å². The minimum absolute atomic E-state index is 0.0395. The van der Waals surface area contributed by atoms with Crippen LogP contribution >= 0.6 is 11.3 Å². The SMILES string of the molecule is Cc1cc(C[C@@H]2CCN([C@@H](C)c3nc4nc(C)sc4cc3F)C2)cc(C)n1. The summed E-state index contributed by atoms with van der Waals surface area (Å²) < 4.78 is 15.5. The number of rotatable bonds is 4. The smallest absolute Gasteiger partial charge is 0.171 e. The van der Waals surface area contributed by atoms with Gasteiger partial charge in [-0.15, -0.1) is 11.3 Å². The maximum absolute atomic E-state index is 14.6. The predicted molar refractivity (Wildman–Crippen MR) is 108 cm³/mol. The minimum atomic E-state index is -0.220. The fourth-order valence-corrected chi connectivity index (χ4v) is 4.98. The zero-order chi connectivity index (χ0) is 19.1. The first-order valence-electron chi connectivity index (χ1n) is 9.51. The number of aryl methyl sites for hydroxylation is 3. The van der Waals surface area contributed by atoms with E-state index in [2.05, 4.69) is 38.9 Å². The van der Waals surface area contributed by atoms with Crippen LogP contribution in [0, 0.1) is 32.5 Å². The molecule has 4 nitrogen and oxygen atoms in total. The van der Waals surface area contributed by atoms with Crippen molar-refractivity contribution in [3.8, 4) is 0 Å². The van der Waals surface area contributed by atoms with Crippen LogP contribution in [0.2, 0.25) is 0 Å². The Labute approximate surface area is 163 Å². The number of aromatic nitrogens is 3. The molecule has 1 aliphatic heterocycles. The molecule has 4 rings (SSSR count). The highest BCUT2D eigenvalue weighted by Crippen LogP contribution is 2.31. The number of fused-ring (bicyclic) bond motifs is 1. The van der Waals surface area contributed by atoms with Crippen LogP contribution in [0.15, 0.2) is 18.2 Å². The van der Waals surface area contributed by atoms with Crippen LogP contribution in [0.25, 0.3) is 10.3 Å². The van der Waals surface area contributed by atoms with Gasteiger partial charge in [0, 0.05) is 17.9 Å². The molecule has 1 saturated heterocycles. The van der Waals surface area contributed by atoms with Crippen LogP contribution in [0.3, 0.4) is 0 Å². The van der Waals surface area contributed by atoms with E-state index in [1.807, 2.05) is 20.8 Å². The second-order valence-corrected chi connectivity index (χ2v) is 8.93.